The molecule has 1 atom stereocenters. The number of rotatable bonds is 1. The van der Waals surface area contributed by atoms with Crippen LogP contribution in [0.15, 0.2) is 12.1 Å². The van der Waals surface area contributed by atoms with Gasteiger partial charge in [0, 0.05) is 18.0 Å². The molecular formula is C9H10ClFN2O3. The predicted molar refractivity (Wildman–Crippen MR) is 57.3 cm³/mol. The zero-order chi connectivity index (χ0) is 11.0. The monoisotopic (exact) mass is 248 g/mol. The minimum atomic E-state index is -0.667. The molecule has 1 aromatic carbocycles. The molecule has 5 nitrogen and oxygen atoms in total. The van der Waals surface area contributed by atoms with Gasteiger partial charge >= 0.3 is 5.69 Å². The number of halogens is 2. The third-order valence-corrected chi connectivity index (χ3v) is 2.33. The average molecular weight is 249 g/mol. The summed E-state index contributed by atoms with van der Waals surface area (Å²) in [4.78, 5) is 9.98. The van der Waals surface area contributed by atoms with E-state index in [1.54, 1.807) is 0 Å². The Morgan fingerprint density at radius 2 is 2.25 bits per heavy atom. The SMILES string of the molecule is Cl.N[C@@H]1CCOc2c1cc(F)cc2[N+](=O)[O-]. The van der Waals surface area contributed by atoms with Crippen molar-refractivity contribution in [1.29, 1.82) is 0 Å². The highest BCUT2D eigenvalue weighted by Gasteiger charge is 2.27. The summed E-state index contributed by atoms with van der Waals surface area (Å²) in [5.74, 6) is -0.568. The Kier molecular flexibility index (Phi) is 3.66. The first-order valence-corrected chi connectivity index (χ1v) is 4.46. The number of nitrogens with two attached hydrogens (primary N) is 1. The van der Waals surface area contributed by atoms with Crippen LogP contribution in [0.2, 0.25) is 0 Å². The van der Waals surface area contributed by atoms with Crippen LogP contribution in [-0.2, 0) is 0 Å². The minimum Gasteiger partial charge on any atom is -0.487 e. The number of hydrogen-bond acceptors (Lipinski definition) is 4. The maximum absolute atomic E-state index is 13.1. The largest absolute Gasteiger partial charge is 0.487 e. The van der Waals surface area contributed by atoms with E-state index in [1.807, 2.05) is 0 Å². The molecule has 0 unspecified atom stereocenters. The van der Waals surface area contributed by atoms with Crippen LogP contribution in [0, 0.1) is 15.9 Å². The molecule has 88 valence electrons. The highest BCUT2D eigenvalue weighted by atomic mass is 35.5. The molecule has 0 amide bonds. The van der Waals surface area contributed by atoms with Crippen molar-refractivity contribution in [3.05, 3.63) is 33.6 Å². The van der Waals surface area contributed by atoms with Crippen LogP contribution in [0.25, 0.3) is 0 Å². The molecule has 0 saturated carbocycles. The molecule has 0 aromatic heterocycles. The Morgan fingerprint density at radius 3 is 2.88 bits per heavy atom. The summed E-state index contributed by atoms with van der Waals surface area (Å²) < 4.78 is 18.2. The standard InChI is InChI=1S/C9H9FN2O3.ClH/c10-5-3-6-7(11)1-2-15-9(6)8(4-5)12(13)14;/h3-4,7H,1-2,11H2;1H/t7-;/m1./s1. The zero-order valence-corrected chi connectivity index (χ0v) is 9.00. The van der Waals surface area contributed by atoms with Gasteiger partial charge in [-0.1, -0.05) is 0 Å². The smallest absolute Gasteiger partial charge is 0.314 e. The lowest BCUT2D eigenvalue weighted by atomic mass is 10.0. The highest BCUT2D eigenvalue weighted by Crippen LogP contribution is 2.38. The summed E-state index contributed by atoms with van der Waals surface area (Å²) in [7, 11) is 0. The number of nitro benzene ring substituents is 1. The summed E-state index contributed by atoms with van der Waals surface area (Å²) in [5, 5.41) is 10.6. The molecule has 0 spiro atoms. The molecule has 2 N–H and O–H groups in total. The lowest BCUT2D eigenvalue weighted by Gasteiger charge is -2.22. The van der Waals surface area contributed by atoms with E-state index in [1.165, 1.54) is 6.07 Å². The number of hydrogen-bond donors (Lipinski definition) is 1. The molecule has 2 rings (SSSR count). The summed E-state index contributed by atoms with van der Waals surface area (Å²) in [5.41, 5.74) is 5.72. The lowest BCUT2D eigenvalue weighted by molar-refractivity contribution is -0.386. The number of nitro groups is 1. The van der Waals surface area contributed by atoms with Gasteiger partial charge in [-0.3, -0.25) is 10.1 Å². The maximum atomic E-state index is 13.1. The Balaban J connectivity index is 0.00000128. The second-order valence-electron chi connectivity index (χ2n) is 3.34. The Labute approximate surface area is 96.9 Å². The van der Waals surface area contributed by atoms with Crippen LogP contribution in [0.5, 0.6) is 5.75 Å². The molecule has 0 radical (unpaired) electrons. The summed E-state index contributed by atoms with van der Waals surface area (Å²) in [6.45, 7) is 0.320. The van der Waals surface area contributed by atoms with Crippen LogP contribution in [0.3, 0.4) is 0 Å². The molecule has 0 fully saturated rings. The van der Waals surface area contributed by atoms with E-state index >= 15 is 0 Å². The number of nitrogens with zero attached hydrogens (tertiary/aromatic N) is 1. The Bertz CT molecular complexity index is 427. The predicted octanol–water partition coefficient (Wildman–Crippen LogP) is 1.94. The number of fused-ring (bicyclic) bond motifs is 1. The third-order valence-electron chi connectivity index (χ3n) is 2.33. The van der Waals surface area contributed by atoms with Crippen LogP contribution in [0.1, 0.15) is 18.0 Å². The first-order chi connectivity index (χ1) is 7.09. The van der Waals surface area contributed by atoms with Gasteiger partial charge in [-0.25, -0.2) is 4.39 Å². The van der Waals surface area contributed by atoms with E-state index in [9.17, 15) is 14.5 Å². The maximum Gasteiger partial charge on any atom is 0.314 e. The van der Waals surface area contributed by atoms with E-state index in [0.717, 1.165) is 6.07 Å². The van der Waals surface area contributed by atoms with Gasteiger partial charge in [-0.2, -0.15) is 0 Å². The van der Waals surface area contributed by atoms with Crippen molar-refractivity contribution in [2.45, 2.75) is 12.5 Å². The zero-order valence-electron chi connectivity index (χ0n) is 8.18. The van der Waals surface area contributed by atoms with Crippen molar-refractivity contribution >= 4 is 18.1 Å². The lowest BCUT2D eigenvalue weighted by Crippen LogP contribution is -2.21. The van der Waals surface area contributed by atoms with Crippen LogP contribution >= 0.6 is 12.4 Å². The fourth-order valence-corrected chi connectivity index (χ4v) is 1.61. The van der Waals surface area contributed by atoms with Gasteiger partial charge in [0.2, 0.25) is 5.75 Å². The Hall–Kier alpha value is -1.40. The molecule has 0 saturated heterocycles. The molecule has 1 aromatic rings. The minimum absolute atomic E-state index is 0. The first kappa shape index (κ1) is 12.7. The topological polar surface area (TPSA) is 78.4 Å². The van der Waals surface area contributed by atoms with Gasteiger partial charge in [0.25, 0.3) is 0 Å². The molecule has 1 aliphatic heterocycles. The Morgan fingerprint density at radius 1 is 1.56 bits per heavy atom. The van der Waals surface area contributed by atoms with Crippen molar-refractivity contribution in [1.82, 2.24) is 0 Å². The van der Waals surface area contributed by atoms with Crippen molar-refractivity contribution in [2.24, 2.45) is 5.73 Å². The van der Waals surface area contributed by atoms with Crippen molar-refractivity contribution < 1.29 is 14.1 Å². The number of ether oxygens (including phenoxy) is 1. The van der Waals surface area contributed by atoms with Crippen molar-refractivity contribution in [2.75, 3.05) is 6.61 Å². The number of benzene rings is 1. The summed E-state index contributed by atoms with van der Waals surface area (Å²) in [6, 6.07) is 1.63. The molecule has 7 heteroatoms. The summed E-state index contributed by atoms with van der Waals surface area (Å²) in [6.07, 6.45) is 0.535. The van der Waals surface area contributed by atoms with Gasteiger partial charge in [-0.15, -0.1) is 12.4 Å². The first-order valence-electron chi connectivity index (χ1n) is 4.46. The van der Waals surface area contributed by atoms with Gasteiger partial charge in [0.15, 0.2) is 0 Å². The summed E-state index contributed by atoms with van der Waals surface area (Å²) >= 11 is 0. The van der Waals surface area contributed by atoms with E-state index in [4.69, 9.17) is 10.5 Å². The van der Waals surface area contributed by atoms with Crippen molar-refractivity contribution in [3.63, 3.8) is 0 Å². The van der Waals surface area contributed by atoms with Crippen LogP contribution < -0.4 is 10.5 Å². The molecule has 0 bridgehead atoms. The van der Waals surface area contributed by atoms with Gasteiger partial charge in [0.05, 0.1) is 17.6 Å². The molecule has 16 heavy (non-hydrogen) atoms. The molecule has 1 heterocycles. The van der Waals surface area contributed by atoms with E-state index in [0.29, 0.717) is 18.6 Å². The second kappa shape index (κ2) is 4.63. The fraction of sp³-hybridized carbons (Fsp3) is 0.333. The van der Waals surface area contributed by atoms with Crippen LogP contribution in [-0.4, -0.2) is 11.5 Å². The fourth-order valence-electron chi connectivity index (χ4n) is 1.61. The van der Waals surface area contributed by atoms with E-state index in [2.05, 4.69) is 0 Å². The normalized spacial score (nSPS) is 18.0. The highest BCUT2D eigenvalue weighted by molar-refractivity contribution is 5.85. The van der Waals surface area contributed by atoms with Crippen LogP contribution in [0.4, 0.5) is 10.1 Å². The average Bonchev–Trinajstić information content (AvgIpc) is 2.18. The molecule has 0 aliphatic carbocycles. The van der Waals surface area contributed by atoms with Gasteiger partial charge < -0.3 is 10.5 Å². The molecule has 1 aliphatic rings. The second-order valence-corrected chi connectivity index (χ2v) is 3.34. The van der Waals surface area contributed by atoms with Gasteiger partial charge in [0.1, 0.15) is 5.82 Å². The third kappa shape index (κ3) is 2.07. The quantitative estimate of drug-likeness (QED) is 0.608. The van der Waals surface area contributed by atoms with E-state index in [-0.39, 0.29) is 23.8 Å². The van der Waals surface area contributed by atoms with Gasteiger partial charge in [-0.05, 0) is 6.07 Å². The van der Waals surface area contributed by atoms with Crippen molar-refractivity contribution in [3.8, 4) is 5.75 Å². The molecular weight excluding hydrogens is 239 g/mol. The van der Waals surface area contributed by atoms with E-state index < -0.39 is 16.8 Å².